The average molecular weight is 509 g/mol. The molecule has 0 unspecified atom stereocenters. The highest BCUT2D eigenvalue weighted by atomic mass is 35.5. The molecule has 11 nitrogen and oxygen atoms in total. The van der Waals surface area contributed by atoms with Crippen molar-refractivity contribution in [3.8, 4) is 11.5 Å². The van der Waals surface area contributed by atoms with E-state index in [0.29, 0.717) is 27.6 Å². The van der Waals surface area contributed by atoms with Gasteiger partial charge in [-0.2, -0.15) is 14.9 Å². The molecule has 0 saturated carbocycles. The highest BCUT2D eigenvalue weighted by molar-refractivity contribution is 6.31. The molecule has 0 spiro atoms. The first-order valence-electron chi connectivity index (χ1n) is 10.1. The first-order valence-corrected chi connectivity index (χ1v) is 10.8. The Morgan fingerprint density at radius 3 is 2.51 bits per heavy atom. The van der Waals surface area contributed by atoms with Crippen LogP contribution >= 0.6 is 23.2 Å². The fourth-order valence-corrected chi connectivity index (χ4v) is 3.85. The first kappa shape index (κ1) is 22.4. The third kappa shape index (κ3) is 4.18. The number of carbonyl (C=O) groups is 1. The summed E-state index contributed by atoms with van der Waals surface area (Å²) in [5.74, 6) is -0.109. The third-order valence-corrected chi connectivity index (χ3v) is 5.58. The molecular weight excluding hydrogens is 495 g/mol. The normalized spacial score (nSPS) is 11.1. The van der Waals surface area contributed by atoms with Gasteiger partial charge in [0.25, 0.3) is 11.6 Å². The topological polar surface area (TPSA) is 134 Å². The summed E-state index contributed by atoms with van der Waals surface area (Å²) in [4.78, 5) is 32.4. The Morgan fingerprint density at radius 1 is 1.03 bits per heavy atom. The van der Waals surface area contributed by atoms with Crippen LogP contribution < -0.4 is 5.32 Å². The number of benzene rings is 2. The summed E-state index contributed by atoms with van der Waals surface area (Å²) in [6.45, 7) is 1.74. The summed E-state index contributed by atoms with van der Waals surface area (Å²) in [7, 11) is 0. The van der Waals surface area contributed by atoms with Crippen molar-refractivity contribution >= 4 is 51.6 Å². The van der Waals surface area contributed by atoms with E-state index in [1.165, 1.54) is 29.2 Å². The molecule has 5 aromatic rings. The molecule has 2 aromatic carbocycles. The number of halogens is 2. The van der Waals surface area contributed by atoms with Gasteiger partial charge in [-0.3, -0.25) is 14.9 Å². The van der Waals surface area contributed by atoms with Gasteiger partial charge >= 0.3 is 0 Å². The van der Waals surface area contributed by atoms with Crippen LogP contribution in [0.25, 0.3) is 22.5 Å². The fourth-order valence-electron chi connectivity index (χ4n) is 3.55. The van der Waals surface area contributed by atoms with Crippen LogP contribution in [-0.2, 0) is 0 Å². The van der Waals surface area contributed by atoms with Crippen LogP contribution in [0.2, 0.25) is 10.0 Å². The predicted octanol–water partition coefficient (Wildman–Crippen LogP) is 4.78. The lowest BCUT2D eigenvalue weighted by Gasteiger charge is -2.10. The molecule has 0 fully saturated rings. The van der Waals surface area contributed by atoms with Crippen molar-refractivity contribution < 1.29 is 9.72 Å². The molecule has 0 aliphatic heterocycles. The number of amides is 1. The zero-order valence-corrected chi connectivity index (χ0v) is 19.4. The molecule has 0 atom stereocenters. The van der Waals surface area contributed by atoms with Gasteiger partial charge in [0.05, 0.1) is 27.9 Å². The molecule has 35 heavy (non-hydrogen) atoms. The molecular formula is C22H14Cl2N8O3. The van der Waals surface area contributed by atoms with Crippen molar-refractivity contribution in [2.24, 2.45) is 0 Å². The van der Waals surface area contributed by atoms with Crippen molar-refractivity contribution in [2.45, 2.75) is 6.92 Å². The number of fused-ring (bicyclic) bond motifs is 1. The lowest BCUT2D eigenvalue weighted by molar-refractivity contribution is -0.385. The molecule has 0 bridgehead atoms. The number of aryl methyl sites for hydroxylation is 1. The van der Waals surface area contributed by atoms with Gasteiger partial charge in [-0.25, -0.2) is 14.6 Å². The zero-order chi connectivity index (χ0) is 24.7. The van der Waals surface area contributed by atoms with Crippen molar-refractivity contribution in [2.75, 3.05) is 5.32 Å². The smallest absolute Gasteiger partial charge is 0.282 e. The largest absolute Gasteiger partial charge is 0.306 e. The van der Waals surface area contributed by atoms with Crippen molar-refractivity contribution in [3.05, 3.63) is 92.5 Å². The Morgan fingerprint density at radius 2 is 1.77 bits per heavy atom. The summed E-state index contributed by atoms with van der Waals surface area (Å²) in [6, 6.07) is 12.5. The summed E-state index contributed by atoms with van der Waals surface area (Å²) in [5.41, 5.74) is 1.28. The van der Waals surface area contributed by atoms with Gasteiger partial charge in [0, 0.05) is 22.2 Å². The Labute approximate surface area is 207 Å². The van der Waals surface area contributed by atoms with Crippen LogP contribution in [0.5, 0.6) is 0 Å². The molecule has 3 aromatic heterocycles. The molecule has 0 saturated heterocycles. The van der Waals surface area contributed by atoms with E-state index in [-0.39, 0.29) is 22.1 Å². The second-order valence-corrected chi connectivity index (χ2v) is 8.30. The quantitative estimate of drug-likeness (QED) is 0.266. The number of carbonyl (C=O) groups excluding carboxylic acids is 1. The highest BCUT2D eigenvalue weighted by Gasteiger charge is 2.23. The van der Waals surface area contributed by atoms with Gasteiger partial charge in [0.2, 0.25) is 0 Å². The van der Waals surface area contributed by atoms with Gasteiger partial charge in [-0.15, -0.1) is 0 Å². The Balaban J connectivity index is 1.57. The predicted molar refractivity (Wildman–Crippen MR) is 130 cm³/mol. The van der Waals surface area contributed by atoms with Gasteiger partial charge < -0.3 is 5.32 Å². The number of nitrogens with one attached hydrogen (secondary N) is 1. The molecule has 3 heterocycles. The Bertz CT molecular complexity index is 1610. The van der Waals surface area contributed by atoms with Crippen LogP contribution in [0.15, 0.2) is 61.1 Å². The number of aromatic nitrogens is 6. The van der Waals surface area contributed by atoms with E-state index in [9.17, 15) is 14.9 Å². The van der Waals surface area contributed by atoms with Gasteiger partial charge in [-0.05, 0) is 43.3 Å². The molecule has 0 radical (unpaired) electrons. The van der Waals surface area contributed by atoms with Gasteiger partial charge in [0.1, 0.15) is 17.7 Å². The van der Waals surface area contributed by atoms with Crippen molar-refractivity contribution in [1.29, 1.82) is 0 Å². The molecule has 13 heteroatoms. The minimum atomic E-state index is -0.720. The lowest BCUT2D eigenvalue weighted by atomic mass is 10.1. The average Bonchev–Trinajstić information content (AvgIpc) is 3.42. The van der Waals surface area contributed by atoms with Gasteiger partial charge in [0.15, 0.2) is 11.5 Å². The van der Waals surface area contributed by atoms with E-state index in [1.807, 2.05) is 0 Å². The Hall–Kier alpha value is -4.35. The molecule has 1 N–H and O–H groups in total. The lowest BCUT2D eigenvalue weighted by Crippen LogP contribution is -2.17. The van der Waals surface area contributed by atoms with Crippen LogP contribution in [0.3, 0.4) is 0 Å². The van der Waals surface area contributed by atoms with E-state index in [0.717, 1.165) is 5.69 Å². The number of anilines is 1. The van der Waals surface area contributed by atoms with Crippen LogP contribution in [0.4, 0.5) is 11.5 Å². The second kappa shape index (κ2) is 8.78. The zero-order valence-electron chi connectivity index (χ0n) is 17.9. The molecule has 174 valence electrons. The summed E-state index contributed by atoms with van der Waals surface area (Å²) in [5, 5.41) is 24.3. The minimum absolute atomic E-state index is 0.184. The van der Waals surface area contributed by atoms with E-state index in [1.54, 1.807) is 48.1 Å². The van der Waals surface area contributed by atoms with E-state index < -0.39 is 10.8 Å². The standard InChI is InChI=1S/C22H14Cl2N8O3/c1-12-8-19(28-22(33)16-9-14(24)4-7-18(16)32(34)35)31(29-12)21-17-10-27-30(20(17)25-11-26-21)15-5-2-13(23)3-6-15/h2-11H,1H3,(H,28,33). The Kier molecular flexibility index (Phi) is 5.63. The maximum absolute atomic E-state index is 13.0. The summed E-state index contributed by atoms with van der Waals surface area (Å²) >= 11 is 12.0. The minimum Gasteiger partial charge on any atom is -0.306 e. The number of nitro groups is 1. The van der Waals surface area contributed by atoms with E-state index in [2.05, 4.69) is 25.5 Å². The fraction of sp³-hybridized carbons (Fsp3) is 0.0455. The number of nitro benzene ring substituents is 1. The monoisotopic (exact) mass is 508 g/mol. The van der Waals surface area contributed by atoms with Crippen LogP contribution in [0, 0.1) is 17.0 Å². The number of hydrogen-bond donors (Lipinski definition) is 1. The maximum Gasteiger partial charge on any atom is 0.282 e. The number of nitrogens with zero attached hydrogens (tertiary/aromatic N) is 7. The maximum atomic E-state index is 13.0. The molecule has 0 aliphatic rings. The summed E-state index contributed by atoms with van der Waals surface area (Å²) < 4.78 is 3.04. The first-order chi connectivity index (χ1) is 16.8. The third-order valence-electron chi connectivity index (χ3n) is 5.09. The SMILES string of the molecule is Cc1cc(NC(=O)c2cc(Cl)ccc2[N+](=O)[O-])n(-c2ncnc3c2cnn3-c2ccc(Cl)cc2)n1. The van der Waals surface area contributed by atoms with Gasteiger partial charge in [-0.1, -0.05) is 23.2 Å². The van der Waals surface area contributed by atoms with E-state index >= 15 is 0 Å². The number of rotatable bonds is 5. The van der Waals surface area contributed by atoms with E-state index in [4.69, 9.17) is 23.2 Å². The summed E-state index contributed by atoms with van der Waals surface area (Å²) in [6.07, 6.45) is 2.94. The molecule has 1 amide bonds. The van der Waals surface area contributed by atoms with Crippen LogP contribution in [-0.4, -0.2) is 40.4 Å². The van der Waals surface area contributed by atoms with Crippen molar-refractivity contribution in [3.63, 3.8) is 0 Å². The number of hydrogen-bond acceptors (Lipinski definition) is 7. The van der Waals surface area contributed by atoms with Crippen LogP contribution in [0.1, 0.15) is 16.1 Å². The second-order valence-electron chi connectivity index (χ2n) is 7.42. The molecule has 0 aliphatic carbocycles. The molecule has 5 rings (SSSR count). The van der Waals surface area contributed by atoms with Crippen molar-refractivity contribution in [1.82, 2.24) is 29.5 Å². The highest BCUT2D eigenvalue weighted by Crippen LogP contribution is 2.27.